The first kappa shape index (κ1) is 51.3. The molecule has 1 saturated heterocycles. The number of carboxylic acid groups (broad SMARTS) is 1. The van der Waals surface area contributed by atoms with Crippen LogP contribution in [0.4, 0.5) is 5.69 Å². The van der Waals surface area contributed by atoms with Crippen molar-refractivity contribution in [3.05, 3.63) is 45.9 Å². The van der Waals surface area contributed by atoms with Gasteiger partial charge in [0, 0.05) is 36.5 Å². The molecule has 0 saturated carbocycles. The SMILES string of the molecule is CCCCCON(C(=O)[C@@H](NC(=O)[C@H]1CCCCN1C)[C@@H](C)CC)[C@H](C[C@@H](OC(C)=O)c1nc(C(=O)N[C@@H](Cc2ccc(NC(C)C)cc2)CC(C)(C)C(=O)O)cs1)C(C)C. The van der Waals surface area contributed by atoms with Crippen molar-refractivity contribution in [1.82, 2.24) is 25.6 Å². The maximum atomic E-state index is 14.8. The predicted molar refractivity (Wildman–Crippen MR) is 240 cm³/mol. The molecular weight excluding hydrogens is 797 g/mol. The van der Waals surface area contributed by atoms with Gasteiger partial charge in [-0.05, 0) is 103 Å². The van der Waals surface area contributed by atoms with Gasteiger partial charge >= 0.3 is 11.9 Å². The average molecular weight is 871 g/mol. The van der Waals surface area contributed by atoms with Crippen LogP contribution in [0.25, 0.3) is 0 Å². The van der Waals surface area contributed by atoms with Gasteiger partial charge in [-0.25, -0.2) is 10.0 Å². The third-order valence-electron chi connectivity index (χ3n) is 11.5. The monoisotopic (exact) mass is 871 g/mol. The lowest BCUT2D eigenvalue weighted by molar-refractivity contribution is -0.213. The molecule has 1 fully saturated rings. The van der Waals surface area contributed by atoms with Gasteiger partial charge in [0.15, 0.2) is 6.10 Å². The largest absolute Gasteiger partial charge is 0.481 e. The molecule has 61 heavy (non-hydrogen) atoms. The summed E-state index contributed by atoms with van der Waals surface area (Å²) in [6.45, 7) is 19.7. The number of aromatic nitrogens is 1. The van der Waals surface area contributed by atoms with Crippen molar-refractivity contribution in [1.29, 1.82) is 0 Å². The Kier molecular flexibility index (Phi) is 20.6. The van der Waals surface area contributed by atoms with Gasteiger partial charge in [-0.1, -0.05) is 72.4 Å². The van der Waals surface area contributed by atoms with Crippen LogP contribution in [0.15, 0.2) is 29.6 Å². The Labute approximate surface area is 368 Å². The second kappa shape index (κ2) is 24.5. The fraction of sp³-hybridized carbons (Fsp3) is 0.696. The quantitative estimate of drug-likeness (QED) is 0.0435. The molecule has 0 radical (unpaired) electrons. The highest BCUT2D eigenvalue weighted by molar-refractivity contribution is 7.09. The molecule has 0 bridgehead atoms. The summed E-state index contributed by atoms with van der Waals surface area (Å²) in [4.78, 5) is 80.3. The first-order chi connectivity index (χ1) is 28.8. The molecule has 1 aliphatic heterocycles. The number of carbonyl (C=O) groups excluding carboxylic acids is 4. The van der Waals surface area contributed by atoms with Crippen molar-refractivity contribution in [2.45, 2.75) is 170 Å². The van der Waals surface area contributed by atoms with E-state index in [1.54, 1.807) is 19.2 Å². The number of rotatable bonds is 25. The van der Waals surface area contributed by atoms with Gasteiger partial charge in [0.05, 0.1) is 24.1 Å². The summed E-state index contributed by atoms with van der Waals surface area (Å²) in [6, 6.07) is 5.79. The number of aliphatic carboxylic acids is 1. The number of hydroxylamine groups is 2. The molecule has 2 heterocycles. The van der Waals surface area contributed by atoms with Gasteiger partial charge in [0.25, 0.3) is 11.8 Å². The lowest BCUT2D eigenvalue weighted by Gasteiger charge is -2.39. The Morgan fingerprint density at radius 1 is 1.02 bits per heavy atom. The first-order valence-electron chi connectivity index (χ1n) is 22.3. The third-order valence-corrected chi connectivity index (χ3v) is 12.4. The number of likely N-dealkylation sites (N-methyl/N-ethyl adjacent to an activating group) is 1. The third kappa shape index (κ3) is 16.0. The van der Waals surface area contributed by atoms with E-state index >= 15 is 0 Å². The van der Waals surface area contributed by atoms with Crippen molar-refractivity contribution in [2.24, 2.45) is 17.3 Å². The van der Waals surface area contributed by atoms with E-state index in [2.05, 4.69) is 41.7 Å². The van der Waals surface area contributed by atoms with Gasteiger partial charge in [-0.2, -0.15) is 0 Å². The van der Waals surface area contributed by atoms with E-state index in [-0.39, 0.29) is 60.9 Å². The summed E-state index contributed by atoms with van der Waals surface area (Å²) >= 11 is 1.16. The minimum atomic E-state index is -1.12. The fourth-order valence-corrected chi connectivity index (χ4v) is 8.44. The number of thiazole rings is 1. The number of hydrogen-bond donors (Lipinski definition) is 4. The molecule has 1 aromatic carbocycles. The van der Waals surface area contributed by atoms with E-state index in [0.29, 0.717) is 17.8 Å². The zero-order valence-electron chi connectivity index (χ0n) is 38.5. The number of nitrogens with zero attached hydrogens (tertiary/aromatic N) is 3. The molecule has 14 nitrogen and oxygen atoms in total. The second-order valence-electron chi connectivity index (χ2n) is 18.0. The van der Waals surface area contributed by atoms with Crippen molar-refractivity contribution in [2.75, 3.05) is 25.5 Å². The van der Waals surface area contributed by atoms with Gasteiger partial charge in [-0.3, -0.25) is 33.7 Å². The number of ether oxygens (including phenoxy) is 1. The maximum Gasteiger partial charge on any atom is 0.309 e. The van der Waals surface area contributed by atoms with Gasteiger partial charge in [-0.15, -0.1) is 11.3 Å². The molecule has 342 valence electrons. The van der Waals surface area contributed by atoms with Crippen LogP contribution in [0, 0.1) is 17.3 Å². The van der Waals surface area contributed by atoms with Crippen LogP contribution >= 0.6 is 11.3 Å². The molecule has 1 aromatic heterocycles. The number of esters is 1. The number of piperidine rings is 1. The lowest BCUT2D eigenvalue weighted by Crippen LogP contribution is -2.58. The predicted octanol–water partition coefficient (Wildman–Crippen LogP) is 7.79. The van der Waals surface area contributed by atoms with E-state index in [1.807, 2.05) is 63.9 Å². The molecular formula is C46H74N6O8S. The lowest BCUT2D eigenvalue weighted by atomic mass is 9.84. The Morgan fingerprint density at radius 2 is 1.70 bits per heavy atom. The van der Waals surface area contributed by atoms with E-state index in [0.717, 1.165) is 67.7 Å². The van der Waals surface area contributed by atoms with Crippen molar-refractivity contribution >= 4 is 46.7 Å². The zero-order valence-corrected chi connectivity index (χ0v) is 39.4. The average Bonchev–Trinajstić information content (AvgIpc) is 3.69. The second-order valence-corrected chi connectivity index (χ2v) is 18.9. The number of likely N-dealkylation sites (tertiary alicyclic amines) is 1. The number of benzene rings is 1. The van der Waals surface area contributed by atoms with Crippen LogP contribution in [-0.4, -0.2) is 100 Å². The molecule has 3 amide bonds. The molecule has 0 spiro atoms. The Hall–Kier alpha value is -4.08. The van der Waals surface area contributed by atoms with Gasteiger partial charge < -0.3 is 25.8 Å². The van der Waals surface area contributed by atoms with E-state index < -0.39 is 47.5 Å². The molecule has 3 rings (SSSR count). The summed E-state index contributed by atoms with van der Waals surface area (Å²) in [7, 11) is 1.94. The van der Waals surface area contributed by atoms with E-state index in [4.69, 9.17) is 9.57 Å². The van der Waals surface area contributed by atoms with Crippen LogP contribution in [0.3, 0.4) is 0 Å². The first-order valence-corrected chi connectivity index (χ1v) is 23.1. The van der Waals surface area contributed by atoms with Crippen LogP contribution in [0.5, 0.6) is 0 Å². The Balaban J connectivity index is 1.94. The molecule has 1 aliphatic rings. The molecule has 0 unspecified atom stereocenters. The van der Waals surface area contributed by atoms with Crippen molar-refractivity contribution < 1.29 is 38.7 Å². The number of nitrogens with one attached hydrogen (secondary N) is 3. The van der Waals surface area contributed by atoms with Crippen LogP contribution in [0.2, 0.25) is 0 Å². The highest BCUT2D eigenvalue weighted by Crippen LogP contribution is 2.32. The summed E-state index contributed by atoms with van der Waals surface area (Å²) in [5, 5.41) is 22.8. The van der Waals surface area contributed by atoms with Crippen LogP contribution < -0.4 is 16.0 Å². The molecule has 0 aliphatic carbocycles. The summed E-state index contributed by atoms with van der Waals surface area (Å²) in [5.74, 6) is -2.93. The van der Waals surface area contributed by atoms with Crippen molar-refractivity contribution in [3.63, 3.8) is 0 Å². The Bertz CT molecular complexity index is 1720. The summed E-state index contributed by atoms with van der Waals surface area (Å²) in [6.07, 6.45) is 5.67. The van der Waals surface area contributed by atoms with E-state index in [1.165, 1.54) is 12.0 Å². The molecule has 15 heteroatoms. The minimum Gasteiger partial charge on any atom is -0.481 e. The zero-order chi connectivity index (χ0) is 45.4. The number of amides is 3. The number of carboxylic acids is 1. The molecule has 2 aromatic rings. The van der Waals surface area contributed by atoms with Gasteiger partial charge in [0.2, 0.25) is 5.91 Å². The van der Waals surface area contributed by atoms with Crippen LogP contribution in [0.1, 0.15) is 154 Å². The molecule has 4 N–H and O–H groups in total. The normalized spacial score (nSPS) is 17.2. The maximum absolute atomic E-state index is 14.8. The topological polar surface area (TPSA) is 180 Å². The fourth-order valence-electron chi connectivity index (χ4n) is 7.60. The number of anilines is 1. The number of unbranched alkanes of at least 4 members (excludes halogenated alkanes) is 2. The minimum absolute atomic E-state index is 0.101. The van der Waals surface area contributed by atoms with Crippen LogP contribution in [-0.2, 0) is 35.2 Å². The Morgan fingerprint density at radius 3 is 2.28 bits per heavy atom. The summed E-state index contributed by atoms with van der Waals surface area (Å²) < 4.78 is 5.89. The van der Waals surface area contributed by atoms with E-state index in [9.17, 15) is 29.1 Å². The number of hydrogen-bond acceptors (Lipinski definition) is 11. The molecule has 6 atom stereocenters. The standard InChI is InChI=1S/C46H74N6O8S/c1-12-14-17-24-59-52(44(56)40(31(7)13-2)50-42(55)37-18-15-16-23-51(37)11)38(29(3)4)26-39(60-32(8)53)43-49-36(28-61-43)41(54)48-35(27-46(9,10)45(57)58)25-33-19-21-34(22-20-33)47-30(5)6/h19-22,28-31,35,37-40,47H,12-18,23-27H2,1-11H3,(H,48,54)(H,50,55)(H,57,58)/t31-,35-,37+,38+,39+,40-/m0/s1. The van der Waals surface area contributed by atoms with Crippen molar-refractivity contribution in [3.8, 4) is 0 Å². The highest BCUT2D eigenvalue weighted by Gasteiger charge is 2.40. The number of carbonyl (C=O) groups is 5. The summed E-state index contributed by atoms with van der Waals surface area (Å²) in [5.41, 5.74) is 0.870. The smallest absolute Gasteiger partial charge is 0.309 e. The van der Waals surface area contributed by atoms with Gasteiger partial charge in [0.1, 0.15) is 16.7 Å². The highest BCUT2D eigenvalue weighted by atomic mass is 32.1.